The van der Waals surface area contributed by atoms with Gasteiger partial charge in [0.25, 0.3) is 0 Å². The molecule has 2 aromatic rings. The lowest BCUT2D eigenvalue weighted by Gasteiger charge is -2.24. The van der Waals surface area contributed by atoms with E-state index in [1.165, 1.54) is 12.8 Å². The Morgan fingerprint density at radius 1 is 0.929 bits per heavy atom. The highest BCUT2D eigenvalue weighted by Gasteiger charge is 2.57. The first-order valence-corrected chi connectivity index (χ1v) is 10.2. The van der Waals surface area contributed by atoms with Crippen molar-refractivity contribution < 1.29 is 19.0 Å². The second-order valence-corrected chi connectivity index (χ2v) is 7.72. The minimum absolute atomic E-state index is 0.112. The van der Waals surface area contributed by atoms with E-state index in [0.717, 1.165) is 42.0 Å². The third-order valence-electron chi connectivity index (χ3n) is 6.05. The molecule has 0 N–H and O–H groups in total. The van der Waals surface area contributed by atoms with Gasteiger partial charge in [-0.3, -0.25) is 4.79 Å². The summed E-state index contributed by atoms with van der Waals surface area (Å²) in [6, 6.07) is 12.0. The first-order valence-electron chi connectivity index (χ1n) is 10.2. The lowest BCUT2D eigenvalue weighted by atomic mass is 9.77. The van der Waals surface area contributed by atoms with Crippen LogP contribution in [0.5, 0.6) is 17.2 Å². The average Bonchev–Trinajstić information content (AvgIpc) is 3.21. The van der Waals surface area contributed by atoms with Gasteiger partial charge in [0.05, 0.1) is 0 Å². The van der Waals surface area contributed by atoms with E-state index in [-0.39, 0.29) is 5.91 Å². The summed E-state index contributed by atoms with van der Waals surface area (Å²) in [7, 11) is 0. The van der Waals surface area contributed by atoms with Gasteiger partial charge in [0.1, 0.15) is 31.0 Å². The molecule has 3 aliphatic heterocycles. The van der Waals surface area contributed by atoms with Crippen LogP contribution in [-0.4, -0.2) is 32.3 Å². The number of anilines is 1. The molecule has 1 atom stereocenters. The van der Waals surface area contributed by atoms with Gasteiger partial charge in [-0.05, 0) is 24.1 Å². The molecule has 2 aromatic carbocycles. The van der Waals surface area contributed by atoms with Crippen molar-refractivity contribution in [3.63, 3.8) is 0 Å². The molecule has 0 aliphatic carbocycles. The van der Waals surface area contributed by atoms with Crippen LogP contribution < -0.4 is 19.1 Å². The van der Waals surface area contributed by atoms with Gasteiger partial charge in [0.15, 0.2) is 11.5 Å². The van der Waals surface area contributed by atoms with Crippen molar-refractivity contribution in [2.75, 3.05) is 31.3 Å². The number of hydrogen-bond donors (Lipinski definition) is 0. The van der Waals surface area contributed by atoms with E-state index in [1.807, 2.05) is 29.2 Å². The molecule has 146 valence electrons. The molecule has 5 heteroatoms. The van der Waals surface area contributed by atoms with Gasteiger partial charge < -0.3 is 19.1 Å². The molecule has 3 aliphatic rings. The van der Waals surface area contributed by atoms with Crippen molar-refractivity contribution in [2.24, 2.45) is 0 Å². The van der Waals surface area contributed by atoms with Crippen LogP contribution >= 0.6 is 0 Å². The van der Waals surface area contributed by atoms with Crippen LogP contribution in [0.4, 0.5) is 5.69 Å². The van der Waals surface area contributed by atoms with Gasteiger partial charge in [-0.1, -0.05) is 44.4 Å². The van der Waals surface area contributed by atoms with E-state index in [2.05, 4.69) is 19.1 Å². The van der Waals surface area contributed by atoms with E-state index in [0.29, 0.717) is 31.3 Å². The predicted octanol–water partition coefficient (Wildman–Crippen LogP) is 4.06. The third-order valence-corrected chi connectivity index (χ3v) is 6.05. The maximum atomic E-state index is 13.8. The molecule has 0 radical (unpaired) electrons. The first-order chi connectivity index (χ1) is 13.8. The highest BCUT2D eigenvalue weighted by Crippen LogP contribution is 2.54. The number of para-hydroxylation sites is 1. The van der Waals surface area contributed by atoms with E-state index in [9.17, 15) is 4.79 Å². The molecule has 1 unspecified atom stereocenters. The summed E-state index contributed by atoms with van der Waals surface area (Å²) < 4.78 is 17.5. The summed E-state index contributed by atoms with van der Waals surface area (Å²) >= 11 is 0. The highest BCUT2D eigenvalue weighted by atomic mass is 16.6. The second-order valence-electron chi connectivity index (χ2n) is 7.72. The Kier molecular flexibility index (Phi) is 4.18. The van der Waals surface area contributed by atoms with Crippen molar-refractivity contribution in [2.45, 2.75) is 38.0 Å². The van der Waals surface area contributed by atoms with Crippen molar-refractivity contribution in [1.29, 1.82) is 0 Å². The minimum atomic E-state index is -0.785. The van der Waals surface area contributed by atoms with Crippen molar-refractivity contribution in [3.8, 4) is 17.2 Å². The molecule has 28 heavy (non-hydrogen) atoms. The number of fused-ring (bicyclic) bond motifs is 5. The lowest BCUT2D eigenvalue weighted by Crippen LogP contribution is -2.42. The number of ether oxygens (including phenoxy) is 3. The number of unbranched alkanes of at least 4 members (excludes halogenated alkanes) is 3. The summed E-state index contributed by atoms with van der Waals surface area (Å²) in [6.07, 6.45) is 4.53. The molecule has 0 aromatic heterocycles. The maximum Gasteiger partial charge on any atom is 0.245 e. The Balaban J connectivity index is 1.57. The van der Waals surface area contributed by atoms with E-state index >= 15 is 0 Å². The molecule has 0 saturated heterocycles. The number of benzene rings is 2. The fourth-order valence-electron chi connectivity index (χ4n) is 4.63. The summed E-state index contributed by atoms with van der Waals surface area (Å²) in [4.78, 5) is 15.7. The van der Waals surface area contributed by atoms with Gasteiger partial charge >= 0.3 is 0 Å². The number of carbonyl (C=O) groups excluding carboxylic acids is 1. The van der Waals surface area contributed by atoms with E-state index < -0.39 is 5.41 Å². The van der Waals surface area contributed by atoms with Gasteiger partial charge in [0, 0.05) is 23.9 Å². The van der Waals surface area contributed by atoms with Gasteiger partial charge in [0.2, 0.25) is 5.91 Å². The molecule has 0 saturated carbocycles. The van der Waals surface area contributed by atoms with Crippen LogP contribution in [0.2, 0.25) is 0 Å². The van der Waals surface area contributed by atoms with Crippen LogP contribution in [0.1, 0.15) is 43.7 Å². The third kappa shape index (κ3) is 2.42. The van der Waals surface area contributed by atoms with Gasteiger partial charge in [-0.15, -0.1) is 0 Å². The predicted molar refractivity (Wildman–Crippen MR) is 107 cm³/mol. The normalized spacial score (nSPS) is 21.6. The number of amides is 1. The molecular formula is C23H25NO4. The zero-order valence-electron chi connectivity index (χ0n) is 16.2. The zero-order chi connectivity index (χ0) is 19.1. The number of hydrogen-bond acceptors (Lipinski definition) is 4. The quantitative estimate of drug-likeness (QED) is 0.735. The Labute approximate surface area is 165 Å². The second kappa shape index (κ2) is 6.73. The van der Waals surface area contributed by atoms with Crippen LogP contribution in [-0.2, 0) is 10.2 Å². The molecule has 0 fully saturated rings. The standard InChI is InChI=1S/C23H25NO4/c1-2-3-4-7-10-24-18-9-6-5-8-16(18)23(22(24)25)15-28-19-14-21-20(13-17(19)23)26-11-12-27-21/h5-6,8-9,13-14H,2-4,7,10-12,15H2,1H3. The average molecular weight is 379 g/mol. The Morgan fingerprint density at radius 2 is 1.71 bits per heavy atom. The van der Waals surface area contributed by atoms with Crippen LogP contribution in [0.25, 0.3) is 0 Å². The summed E-state index contributed by atoms with van der Waals surface area (Å²) in [5.74, 6) is 2.22. The number of rotatable bonds is 5. The fraction of sp³-hybridized carbons (Fsp3) is 0.435. The summed E-state index contributed by atoms with van der Waals surface area (Å²) in [6.45, 7) is 4.33. The Morgan fingerprint density at radius 3 is 2.54 bits per heavy atom. The first kappa shape index (κ1) is 17.4. The summed E-state index contributed by atoms with van der Waals surface area (Å²) in [5.41, 5.74) is 2.15. The van der Waals surface area contributed by atoms with Gasteiger partial charge in [-0.25, -0.2) is 0 Å². The smallest absolute Gasteiger partial charge is 0.245 e. The van der Waals surface area contributed by atoms with Crippen molar-refractivity contribution in [1.82, 2.24) is 0 Å². The maximum absolute atomic E-state index is 13.8. The lowest BCUT2D eigenvalue weighted by molar-refractivity contribution is -0.122. The largest absolute Gasteiger partial charge is 0.491 e. The Hall–Kier alpha value is -2.69. The molecular weight excluding hydrogens is 354 g/mol. The number of carbonyl (C=O) groups is 1. The van der Waals surface area contributed by atoms with E-state index in [4.69, 9.17) is 14.2 Å². The molecule has 3 heterocycles. The highest BCUT2D eigenvalue weighted by molar-refractivity contribution is 6.11. The zero-order valence-corrected chi connectivity index (χ0v) is 16.2. The SMILES string of the molecule is CCCCCCN1C(=O)C2(COc3cc4c(cc32)OCCO4)c2ccccc21. The topological polar surface area (TPSA) is 48.0 Å². The minimum Gasteiger partial charge on any atom is -0.491 e. The molecule has 1 spiro atoms. The van der Waals surface area contributed by atoms with Crippen molar-refractivity contribution >= 4 is 11.6 Å². The van der Waals surface area contributed by atoms with Gasteiger partial charge in [-0.2, -0.15) is 0 Å². The van der Waals surface area contributed by atoms with Crippen LogP contribution in [0, 0.1) is 0 Å². The fourth-order valence-corrected chi connectivity index (χ4v) is 4.63. The Bertz CT molecular complexity index is 925. The molecule has 5 nitrogen and oxygen atoms in total. The molecule has 0 bridgehead atoms. The monoisotopic (exact) mass is 379 g/mol. The molecule has 5 rings (SSSR count). The number of nitrogens with zero attached hydrogens (tertiary/aromatic N) is 1. The van der Waals surface area contributed by atoms with E-state index in [1.54, 1.807) is 0 Å². The van der Waals surface area contributed by atoms with Crippen molar-refractivity contribution in [3.05, 3.63) is 47.5 Å². The van der Waals surface area contributed by atoms with Crippen LogP contribution in [0.3, 0.4) is 0 Å². The van der Waals surface area contributed by atoms with Crippen LogP contribution in [0.15, 0.2) is 36.4 Å². The molecule has 1 amide bonds. The summed E-state index contributed by atoms with van der Waals surface area (Å²) in [5, 5.41) is 0.